The number of primary amides is 1. The van der Waals surface area contributed by atoms with Gasteiger partial charge in [-0.3, -0.25) is 14.9 Å². The predicted molar refractivity (Wildman–Crippen MR) is 127 cm³/mol. The Hall–Kier alpha value is -3.48. The Morgan fingerprint density at radius 1 is 0.788 bits per heavy atom. The molecule has 6 heteroatoms. The van der Waals surface area contributed by atoms with Crippen LogP contribution in [0.15, 0.2) is 91.0 Å². The first-order valence-corrected chi connectivity index (χ1v) is 10.8. The SMILES string of the molecule is CC(C)(C)OC(=O)[C@@H](NC(c1ccccc1)(c1ccccc1)c1ccccc1)C(O)C(N)=O. The van der Waals surface area contributed by atoms with E-state index in [2.05, 4.69) is 5.32 Å². The Labute approximate surface area is 194 Å². The number of amides is 1. The van der Waals surface area contributed by atoms with Crippen LogP contribution in [-0.2, 0) is 19.9 Å². The number of carbonyl (C=O) groups is 2. The summed E-state index contributed by atoms with van der Waals surface area (Å²) in [4.78, 5) is 25.3. The maximum Gasteiger partial charge on any atom is 0.326 e. The zero-order valence-electron chi connectivity index (χ0n) is 19.1. The van der Waals surface area contributed by atoms with Crippen molar-refractivity contribution in [3.63, 3.8) is 0 Å². The number of ether oxygens (including phenoxy) is 1. The van der Waals surface area contributed by atoms with Crippen LogP contribution in [-0.4, -0.2) is 34.7 Å². The fraction of sp³-hybridized carbons (Fsp3) is 0.259. The van der Waals surface area contributed by atoms with Gasteiger partial charge in [0, 0.05) is 0 Å². The number of rotatable bonds is 8. The molecule has 0 heterocycles. The van der Waals surface area contributed by atoms with Gasteiger partial charge in [-0.15, -0.1) is 0 Å². The molecule has 6 nitrogen and oxygen atoms in total. The summed E-state index contributed by atoms with van der Waals surface area (Å²) in [7, 11) is 0. The van der Waals surface area contributed by atoms with Gasteiger partial charge in [0.05, 0.1) is 5.54 Å². The Balaban J connectivity index is 2.27. The van der Waals surface area contributed by atoms with Gasteiger partial charge in [-0.2, -0.15) is 0 Å². The first-order valence-electron chi connectivity index (χ1n) is 10.8. The molecule has 0 aliphatic rings. The highest BCUT2D eigenvalue weighted by Crippen LogP contribution is 2.37. The van der Waals surface area contributed by atoms with Crippen molar-refractivity contribution in [1.82, 2.24) is 5.32 Å². The normalized spacial score (nSPS) is 13.7. The Morgan fingerprint density at radius 3 is 1.45 bits per heavy atom. The summed E-state index contributed by atoms with van der Waals surface area (Å²) in [6, 6.07) is 27.2. The molecule has 0 fully saturated rings. The van der Waals surface area contributed by atoms with Crippen molar-refractivity contribution in [2.45, 2.75) is 44.1 Å². The molecule has 0 spiro atoms. The molecule has 0 saturated carbocycles. The van der Waals surface area contributed by atoms with Crippen molar-refractivity contribution in [3.05, 3.63) is 108 Å². The number of esters is 1. The van der Waals surface area contributed by atoms with Gasteiger partial charge in [0.2, 0.25) is 5.91 Å². The molecule has 2 atom stereocenters. The maximum absolute atomic E-state index is 13.2. The van der Waals surface area contributed by atoms with E-state index < -0.39 is 35.2 Å². The van der Waals surface area contributed by atoms with Crippen molar-refractivity contribution in [3.8, 4) is 0 Å². The Morgan fingerprint density at radius 2 is 1.15 bits per heavy atom. The minimum absolute atomic E-state index is 0.777. The summed E-state index contributed by atoms with van der Waals surface area (Å²) in [6.07, 6.45) is -1.81. The van der Waals surface area contributed by atoms with Crippen LogP contribution in [0.4, 0.5) is 0 Å². The van der Waals surface area contributed by atoms with Crippen LogP contribution in [0.1, 0.15) is 37.5 Å². The smallest absolute Gasteiger partial charge is 0.326 e. The minimum atomic E-state index is -1.81. The van der Waals surface area contributed by atoms with Crippen molar-refractivity contribution in [2.75, 3.05) is 0 Å². The molecule has 3 aromatic carbocycles. The Kier molecular flexibility index (Phi) is 7.31. The highest BCUT2D eigenvalue weighted by atomic mass is 16.6. The van der Waals surface area contributed by atoms with Crippen LogP contribution in [0.2, 0.25) is 0 Å². The molecule has 0 aliphatic heterocycles. The fourth-order valence-electron chi connectivity index (χ4n) is 3.84. The molecular formula is C27H30N2O4. The number of hydrogen-bond donors (Lipinski definition) is 3. The van der Waals surface area contributed by atoms with Crippen LogP contribution in [0, 0.1) is 0 Å². The second-order valence-electron chi connectivity index (χ2n) is 8.85. The second-order valence-corrected chi connectivity index (χ2v) is 8.85. The van der Waals surface area contributed by atoms with E-state index in [0.29, 0.717) is 0 Å². The van der Waals surface area contributed by atoms with Crippen molar-refractivity contribution in [2.24, 2.45) is 5.73 Å². The monoisotopic (exact) mass is 446 g/mol. The molecule has 0 aliphatic carbocycles. The summed E-state index contributed by atoms with van der Waals surface area (Å²) in [5.41, 5.74) is 5.95. The van der Waals surface area contributed by atoms with Crippen LogP contribution < -0.4 is 11.1 Å². The number of nitrogens with one attached hydrogen (secondary N) is 1. The van der Waals surface area contributed by atoms with Gasteiger partial charge in [-0.1, -0.05) is 91.0 Å². The summed E-state index contributed by atoms with van der Waals surface area (Å²) >= 11 is 0. The third kappa shape index (κ3) is 5.48. The average Bonchev–Trinajstić information content (AvgIpc) is 2.80. The molecular weight excluding hydrogens is 416 g/mol. The molecule has 0 saturated heterocycles. The topological polar surface area (TPSA) is 102 Å². The van der Waals surface area contributed by atoms with Gasteiger partial charge in [0.1, 0.15) is 11.6 Å². The number of carbonyl (C=O) groups excluding carboxylic acids is 2. The third-order valence-electron chi connectivity index (χ3n) is 5.26. The van der Waals surface area contributed by atoms with Crippen LogP contribution in [0.5, 0.6) is 0 Å². The van der Waals surface area contributed by atoms with Crippen LogP contribution in [0.25, 0.3) is 0 Å². The van der Waals surface area contributed by atoms with Crippen molar-refractivity contribution >= 4 is 11.9 Å². The van der Waals surface area contributed by atoms with E-state index in [-0.39, 0.29) is 0 Å². The number of hydrogen-bond acceptors (Lipinski definition) is 5. The van der Waals surface area contributed by atoms with E-state index in [4.69, 9.17) is 10.5 Å². The summed E-state index contributed by atoms with van der Waals surface area (Å²) in [6.45, 7) is 5.16. The van der Waals surface area contributed by atoms with Gasteiger partial charge in [-0.05, 0) is 37.5 Å². The van der Waals surface area contributed by atoms with Gasteiger partial charge in [0.15, 0.2) is 6.10 Å². The van der Waals surface area contributed by atoms with Gasteiger partial charge in [-0.25, -0.2) is 0 Å². The highest BCUT2D eigenvalue weighted by Gasteiger charge is 2.44. The number of benzene rings is 3. The molecule has 4 N–H and O–H groups in total. The lowest BCUT2D eigenvalue weighted by Crippen LogP contribution is -2.60. The number of aliphatic hydroxyl groups excluding tert-OH is 1. The summed E-state index contributed by atoms with van der Waals surface area (Å²) < 4.78 is 5.56. The molecule has 3 aromatic rings. The first-order chi connectivity index (χ1) is 15.6. The van der Waals surface area contributed by atoms with Gasteiger partial charge in [0.25, 0.3) is 0 Å². The van der Waals surface area contributed by atoms with Crippen LogP contribution in [0.3, 0.4) is 0 Å². The molecule has 0 bridgehead atoms. The van der Waals surface area contributed by atoms with E-state index in [9.17, 15) is 14.7 Å². The molecule has 1 unspecified atom stereocenters. The van der Waals surface area contributed by atoms with E-state index in [1.165, 1.54) is 0 Å². The molecule has 3 rings (SSSR count). The molecule has 172 valence electrons. The molecule has 33 heavy (non-hydrogen) atoms. The molecule has 0 radical (unpaired) electrons. The maximum atomic E-state index is 13.2. The third-order valence-corrected chi connectivity index (χ3v) is 5.26. The van der Waals surface area contributed by atoms with E-state index in [1.54, 1.807) is 20.8 Å². The lowest BCUT2D eigenvalue weighted by molar-refractivity contribution is -0.163. The zero-order valence-corrected chi connectivity index (χ0v) is 19.1. The highest BCUT2D eigenvalue weighted by molar-refractivity contribution is 5.88. The van der Waals surface area contributed by atoms with Crippen LogP contribution >= 0.6 is 0 Å². The zero-order chi connectivity index (χ0) is 24.1. The largest absolute Gasteiger partial charge is 0.459 e. The van der Waals surface area contributed by atoms with Gasteiger partial charge < -0.3 is 15.6 Å². The van der Waals surface area contributed by atoms with Crippen molar-refractivity contribution in [1.29, 1.82) is 0 Å². The summed E-state index contributed by atoms with van der Waals surface area (Å²) in [5, 5.41) is 14.0. The van der Waals surface area contributed by atoms with E-state index in [1.807, 2.05) is 91.0 Å². The van der Waals surface area contributed by atoms with Gasteiger partial charge >= 0.3 is 5.97 Å². The Bertz CT molecular complexity index is 967. The second kappa shape index (κ2) is 9.98. The van der Waals surface area contributed by atoms with Crippen molar-refractivity contribution < 1.29 is 19.4 Å². The van der Waals surface area contributed by atoms with E-state index in [0.717, 1.165) is 16.7 Å². The molecule has 1 amide bonds. The number of nitrogens with two attached hydrogens (primary N) is 1. The average molecular weight is 447 g/mol. The fourth-order valence-corrected chi connectivity index (χ4v) is 3.84. The lowest BCUT2D eigenvalue weighted by atomic mass is 9.76. The first kappa shape index (κ1) is 24.2. The molecule has 0 aromatic heterocycles. The quantitative estimate of drug-likeness (QED) is 0.365. The number of aliphatic hydroxyl groups is 1. The standard InChI is InChI=1S/C27H30N2O4/c1-26(2,3)33-25(32)22(23(30)24(28)31)29-27(19-13-7-4-8-14-19,20-15-9-5-10-16-20)21-17-11-6-12-18-21/h4-18,22-23,29-30H,1-3H3,(H2,28,31)/t22-,23?/m0/s1. The lowest BCUT2D eigenvalue weighted by Gasteiger charge is -2.40. The van der Waals surface area contributed by atoms with E-state index >= 15 is 0 Å². The summed E-state index contributed by atoms with van der Waals surface area (Å²) in [5.74, 6) is -1.80. The predicted octanol–water partition coefficient (Wildman–Crippen LogP) is 3.12. The minimum Gasteiger partial charge on any atom is -0.459 e.